The minimum absolute atomic E-state index is 0.0935. The molecule has 3 aromatic heterocycles. The first kappa shape index (κ1) is 21.8. The molecule has 178 valence electrons. The van der Waals surface area contributed by atoms with Gasteiger partial charge in [-0.2, -0.15) is 5.10 Å². The van der Waals surface area contributed by atoms with Crippen LogP contribution in [0.1, 0.15) is 18.7 Å². The Morgan fingerprint density at radius 3 is 2.80 bits per heavy atom. The molecule has 5 aromatic rings. The Morgan fingerprint density at radius 1 is 1.17 bits per heavy atom. The molecule has 1 aliphatic rings. The van der Waals surface area contributed by atoms with Crippen LogP contribution >= 0.6 is 11.6 Å². The molecular weight excluding hydrogens is 481 g/mol. The average Bonchev–Trinajstić information content (AvgIpc) is 3.41. The second kappa shape index (κ2) is 7.94. The summed E-state index contributed by atoms with van der Waals surface area (Å²) >= 11 is 6.61. The van der Waals surface area contributed by atoms with E-state index in [-0.39, 0.29) is 29.5 Å². The number of aromatic amines is 1. The molecule has 1 aliphatic carbocycles. The lowest BCUT2D eigenvalue weighted by atomic mass is 9.81. The fourth-order valence-corrected chi connectivity index (χ4v) is 4.61. The third kappa shape index (κ3) is 4.07. The number of halogens is 4. The van der Waals surface area contributed by atoms with Gasteiger partial charge in [-0.05, 0) is 25.0 Å². The van der Waals surface area contributed by atoms with Crippen molar-refractivity contribution in [1.82, 2.24) is 29.7 Å². The number of benzene rings is 2. The first-order chi connectivity index (χ1) is 16.7. The highest BCUT2D eigenvalue weighted by atomic mass is 35.5. The molecule has 0 unspecified atom stereocenters. The van der Waals surface area contributed by atoms with Crippen molar-refractivity contribution >= 4 is 33.7 Å². The van der Waals surface area contributed by atoms with Gasteiger partial charge in [-0.15, -0.1) is 0 Å². The van der Waals surface area contributed by atoms with Gasteiger partial charge in [0, 0.05) is 43.3 Å². The molecule has 1 saturated carbocycles. The number of alkyl halides is 2. The van der Waals surface area contributed by atoms with Crippen LogP contribution in [0.3, 0.4) is 0 Å². The first-order valence-electron chi connectivity index (χ1n) is 10.9. The maximum absolute atomic E-state index is 14.5. The maximum Gasteiger partial charge on any atom is 0.248 e. The van der Waals surface area contributed by atoms with E-state index in [4.69, 9.17) is 16.3 Å². The summed E-state index contributed by atoms with van der Waals surface area (Å²) in [5, 5.41) is 4.50. The molecule has 1 N–H and O–H groups in total. The van der Waals surface area contributed by atoms with Gasteiger partial charge in [0.1, 0.15) is 33.4 Å². The van der Waals surface area contributed by atoms with Gasteiger partial charge < -0.3 is 9.72 Å². The van der Waals surface area contributed by atoms with Gasteiger partial charge in [0.2, 0.25) is 5.92 Å². The van der Waals surface area contributed by atoms with Crippen molar-refractivity contribution in [3.63, 3.8) is 0 Å². The Labute approximate surface area is 201 Å². The highest BCUT2D eigenvalue weighted by molar-refractivity contribution is 6.36. The lowest BCUT2D eigenvalue weighted by molar-refractivity contribution is -0.114. The fourth-order valence-electron chi connectivity index (χ4n) is 4.37. The van der Waals surface area contributed by atoms with Crippen LogP contribution in [0.4, 0.5) is 13.2 Å². The highest BCUT2D eigenvalue weighted by Gasteiger charge is 2.45. The monoisotopic (exact) mass is 498 g/mol. The summed E-state index contributed by atoms with van der Waals surface area (Å²) in [5.41, 5.74) is 2.93. The standard InChI is InChI=1S/C24H18ClF3N6O/c1-12-31-18-5-15(4-16(26)22(18)32-12)35-20-3-2-17-23(21(20)25)33-19(9-29-17)14-8-30-34(11-14)10-13-6-24(27,28)7-13/h2-5,8-9,11,13H,6-7,10H2,1H3,(H,31,32). The van der Waals surface area contributed by atoms with Gasteiger partial charge in [0.25, 0.3) is 0 Å². The van der Waals surface area contributed by atoms with Gasteiger partial charge in [0.15, 0.2) is 5.82 Å². The molecule has 7 nitrogen and oxygen atoms in total. The minimum Gasteiger partial charge on any atom is -0.456 e. The quantitative estimate of drug-likeness (QED) is 0.307. The summed E-state index contributed by atoms with van der Waals surface area (Å²) in [6.07, 6.45) is 4.73. The van der Waals surface area contributed by atoms with Gasteiger partial charge in [0.05, 0.1) is 29.1 Å². The number of nitrogens with zero attached hydrogens (tertiary/aromatic N) is 5. The molecular formula is C24H18ClF3N6O. The lowest BCUT2D eigenvalue weighted by Gasteiger charge is -2.34. The molecule has 0 atom stereocenters. The normalized spacial score (nSPS) is 15.6. The van der Waals surface area contributed by atoms with E-state index in [2.05, 4.69) is 25.0 Å². The van der Waals surface area contributed by atoms with Crippen LogP contribution in [0.5, 0.6) is 11.5 Å². The number of ether oxygens (including phenoxy) is 1. The molecule has 35 heavy (non-hydrogen) atoms. The zero-order valence-electron chi connectivity index (χ0n) is 18.4. The molecule has 0 saturated heterocycles. The molecule has 0 bridgehead atoms. The average molecular weight is 499 g/mol. The summed E-state index contributed by atoms with van der Waals surface area (Å²) in [6, 6.07) is 6.23. The zero-order chi connectivity index (χ0) is 24.3. The Kier molecular flexibility index (Phi) is 4.96. The van der Waals surface area contributed by atoms with Crippen LogP contribution in [0, 0.1) is 18.7 Å². The summed E-state index contributed by atoms with van der Waals surface area (Å²) in [6.45, 7) is 2.16. The van der Waals surface area contributed by atoms with E-state index in [0.29, 0.717) is 51.4 Å². The van der Waals surface area contributed by atoms with Crippen LogP contribution in [0.15, 0.2) is 42.9 Å². The van der Waals surface area contributed by atoms with Crippen molar-refractivity contribution < 1.29 is 17.9 Å². The summed E-state index contributed by atoms with van der Waals surface area (Å²) in [4.78, 5) is 16.2. The van der Waals surface area contributed by atoms with Crippen molar-refractivity contribution in [2.45, 2.75) is 32.2 Å². The number of H-pyrrole nitrogens is 1. The van der Waals surface area contributed by atoms with E-state index in [1.165, 1.54) is 6.07 Å². The van der Waals surface area contributed by atoms with Crippen molar-refractivity contribution in [3.05, 3.63) is 59.5 Å². The highest BCUT2D eigenvalue weighted by Crippen LogP contribution is 2.43. The van der Waals surface area contributed by atoms with Crippen molar-refractivity contribution in [1.29, 1.82) is 0 Å². The zero-order valence-corrected chi connectivity index (χ0v) is 19.2. The maximum atomic E-state index is 14.5. The van der Waals surface area contributed by atoms with Crippen LogP contribution in [-0.2, 0) is 6.54 Å². The molecule has 0 radical (unpaired) electrons. The van der Waals surface area contributed by atoms with E-state index in [9.17, 15) is 13.2 Å². The first-order valence-corrected chi connectivity index (χ1v) is 11.3. The Bertz CT molecular complexity index is 1590. The Morgan fingerprint density at radius 2 is 2.00 bits per heavy atom. The molecule has 11 heteroatoms. The number of fused-ring (bicyclic) bond motifs is 2. The molecule has 1 fully saturated rings. The van der Waals surface area contributed by atoms with Crippen molar-refractivity contribution in [2.24, 2.45) is 5.92 Å². The second-order valence-corrected chi connectivity index (χ2v) is 9.18. The number of hydrogen-bond acceptors (Lipinski definition) is 5. The topological polar surface area (TPSA) is 81.5 Å². The minimum atomic E-state index is -2.56. The number of rotatable bonds is 5. The Balaban J connectivity index is 1.28. The number of aryl methyl sites for hydroxylation is 1. The van der Waals surface area contributed by atoms with E-state index in [1.54, 1.807) is 48.4 Å². The molecule has 0 spiro atoms. The predicted octanol–water partition coefficient (Wildman–Crippen LogP) is 6.31. The summed E-state index contributed by atoms with van der Waals surface area (Å²) in [7, 11) is 0. The summed E-state index contributed by atoms with van der Waals surface area (Å²) < 4.78 is 48.2. The molecule has 0 aliphatic heterocycles. The largest absolute Gasteiger partial charge is 0.456 e. The van der Waals surface area contributed by atoms with E-state index in [1.807, 2.05) is 0 Å². The smallest absolute Gasteiger partial charge is 0.248 e. The van der Waals surface area contributed by atoms with E-state index in [0.717, 1.165) is 0 Å². The van der Waals surface area contributed by atoms with Gasteiger partial charge in [-0.3, -0.25) is 9.67 Å². The van der Waals surface area contributed by atoms with Gasteiger partial charge >= 0.3 is 0 Å². The third-order valence-electron chi connectivity index (χ3n) is 6.03. The fraction of sp³-hybridized carbons (Fsp3) is 0.250. The predicted molar refractivity (Wildman–Crippen MR) is 124 cm³/mol. The van der Waals surface area contributed by atoms with E-state index < -0.39 is 11.7 Å². The molecule has 2 aromatic carbocycles. The third-order valence-corrected chi connectivity index (χ3v) is 6.40. The SMILES string of the molecule is Cc1nc2cc(Oc3ccc4ncc(-c5cnn(CC6CC(F)(F)C6)c5)nc4c3Cl)cc(F)c2[nH]1. The van der Waals surface area contributed by atoms with E-state index >= 15 is 0 Å². The van der Waals surface area contributed by atoms with Crippen molar-refractivity contribution in [3.8, 4) is 22.8 Å². The second-order valence-electron chi connectivity index (χ2n) is 8.81. The lowest BCUT2D eigenvalue weighted by Crippen LogP contribution is -2.37. The molecule has 6 rings (SSSR count). The number of aromatic nitrogens is 6. The van der Waals surface area contributed by atoms with Crippen LogP contribution < -0.4 is 4.74 Å². The van der Waals surface area contributed by atoms with Crippen LogP contribution in [0.2, 0.25) is 5.02 Å². The molecule has 3 heterocycles. The number of nitrogens with one attached hydrogen (secondary N) is 1. The van der Waals surface area contributed by atoms with Crippen LogP contribution in [0.25, 0.3) is 33.3 Å². The Hall–Kier alpha value is -3.66. The van der Waals surface area contributed by atoms with Crippen LogP contribution in [-0.4, -0.2) is 35.6 Å². The summed E-state index contributed by atoms with van der Waals surface area (Å²) in [5.74, 6) is -2.01. The number of imidazole rings is 1. The van der Waals surface area contributed by atoms with Gasteiger partial charge in [-0.25, -0.2) is 23.1 Å². The van der Waals surface area contributed by atoms with Crippen molar-refractivity contribution in [2.75, 3.05) is 0 Å². The molecule has 0 amide bonds. The van der Waals surface area contributed by atoms with Gasteiger partial charge in [-0.1, -0.05) is 11.6 Å². The number of hydrogen-bond donors (Lipinski definition) is 1.